The van der Waals surface area contributed by atoms with Gasteiger partial charge in [0.25, 0.3) is 0 Å². The minimum atomic E-state index is -0.383. The third-order valence-electron chi connectivity index (χ3n) is 2.47. The molecule has 2 aromatic rings. The minimum absolute atomic E-state index is 0.383. The summed E-state index contributed by atoms with van der Waals surface area (Å²) in [6.07, 6.45) is 0. The number of benzene rings is 2. The smallest absolute Gasteiger partial charge is 0.338 e. The number of carbonyl (C=O) groups is 1. The first-order chi connectivity index (χ1) is 8.22. The predicted octanol–water partition coefficient (Wildman–Crippen LogP) is 3.79. The topological polar surface area (TPSA) is 26.3 Å². The fourth-order valence-corrected chi connectivity index (χ4v) is 1.84. The molecule has 0 aliphatic rings. The minimum Gasteiger partial charge on any atom is -0.465 e. The molecule has 0 bridgehead atoms. The molecule has 2 nitrogen and oxygen atoms in total. The van der Waals surface area contributed by atoms with Crippen LogP contribution in [0.15, 0.2) is 48.5 Å². The number of ether oxygens (including phenoxy) is 1. The number of rotatable bonds is 2. The maximum absolute atomic E-state index is 11.7. The second kappa shape index (κ2) is 5.02. The van der Waals surface area contributed by atoms with Gasteiger partial charge in [0, 0.05) is 5.02 Å². The Morgan fingerprint density at radius 3 is 2.47 bits per heavy atom. The molecule has 17 heavy (non-hydrogen) atoms. The summed E-state index contributed by atoms with van der Waals surface area (Å²) in [5.74, 6) is -0.383. The van der Waals surface area contributed by atoms with Gasteiger partial charge >= 0.3 is 5.97 Å². The Morgan fingerprint density at radius 1 is 1.12 bits per heavy atom. The van der Waals surface area contributed by atoms with Crippen LogP contribution >= 0.6 is 11.6 Å². The molecule has 0 N–H and O–H groups in total. The summed E-state index contributed by atoms with van der Waals surface area (Å²) >= 11 is 5.90. The van der Waals surface area contributed by atoms with Crippen molar-refractivity contribution < 1.29 is 9.53 Å². The van der Waals surface area contributed by atoms with Gasteiger partial charge in [-0.05, 0) is 23.3 Å². The van der Waals surface area contributed by atoms with Gasteiger partial charge in [-0.3, -0.25) is 0 Å². The van der Waals surface area contributed by atoms with E-state index < -0.39 is 0 Å². The third kappa shape index (κ3) is 2.48. The van der Waals surface area contributed by atoms with E-state index in [1.54, 1.807) is 12.1 Å². The van der Waals surface area contributed by atoms with Crippen LogP contribution in [0.5, 0.6) is 0 Å². The van der Waals surface area contributed by atoms with Crippen molar-refractivity contribution in [3.8, 4) is 11.1 Å². The van der Waals surface area contributed by atoms with Crippen molar-refractivity contribution in [2.45, 2.75) is 0 Å². The van der Waals surface area contributed by atoms with Gasteiger partial charge in [0.15, 0.2) is 0 Å². The van der Waals surface area contributed by atoms with E-state index in [1.807, 2.05) is 36.4 Å². The molecular weight excluding hydrogens is 236 g/mol. The van der Waals surface area contributed by atoms with E-state index in [0.29, 0.717) is 10.6 Å². The molecule has 0 aromatic heterocycles. The lowest BCUT2D eigenvalue weighted by atomic mass is 10.00. The van der Waals surface area contributed by atoms with E-state index in [9.17, 15) is 4.79 Å². The van der Waals surface area contributed by atoms with Gasteiger partial charge in [0.1, 0.15) is 0 Å². The van der Waals surface area contributed by atoms with Crippen molar-refractivity contribution in [1.29, 1.82) is 0 Å². The molecule has 3 heteroatoms. The van der Waals surface area contributed by atoms with Crippen LogP contribution in [0.4, 0.5) is 0 Å². The normalized spacial score (nSPS) is 10.0. The lowest BCUT2D eigenvalue weighted by Gasteiger charge is -2.08. The van der Waals surface area contributed by atoms with Gasteiger partial charge in [-0.2, -0.15) is 0 Å². The van der Waals surface area contributed by atoms with Gasteiger partial charge < -0.3 is 4.74 Å². The average Bonchev–Trinajstić information content (AvgIpc) is 2.38. The van der Waals surface area contributed by atoms with Crippen molar-refractivity contribution in [2.75, 3.05) is 7.11 Å². The lowest BCUT2D eigenvalue weighted by Crippen LogP contribution is -2.03. The maximum Gasteiger partial charge on any atom is 0.338 e. The van der Waals surface area contributed by atoms with Crippen molar-refractivity contribution >= 4 is 17.6 Å². The Hall–Kier alpha value is -1.80. The van der Waals surface area contributed by atoms with Gasteiger partial charge in [-0.15, -0.1) is 0 Å². The molecule has 0 heterocycles. The molecule has 2 aromatic carbocycles. The number of hydrogen-bond donors (Lipinski definition) is 0. The number of carbonyl (C=O) groups excluding carboxylic acids is 1. The van der Waals surface area contributed by atoms with Gasteiger partial charge in [-0.25, -0.2) is 4.79 Å². The fraction of sp³-hybridized carbons (Fsp3) is 0.0714. The summed E-state index contributed by atoms with van der Waals surface area (Å²) in [6, 6.07) is 14.9. The second-order valence-corrected chi connectivity index (χ2v) is 3.98. The molecule has 86 valence electrons. The van der Waals surface area contributed by atoms with Crippen LogP contribution in [0, 0.1) is 0 Å². The first kappa shape index (κ1) is 11.7. The number of halogens is 1. The van der Waals surface area contributed by atoms with Crippen molar-refractivity contribution in [2.24, 2.45) is 0 Å². The largest absolute Gasteiger partial charge is 0.465 e. The predicted molar refractivity (Wildman–Crippen MR) is 68.2 cm³/mol. The van der Waals surface area contributed by atoms with Gasteiger partial charge in [0.05, 0.1) is 12.7 Å². The Kier molecular flexibility index (Phi) is 3.45. The monoisotopic (exact) mass is 246 g/mol. The molecule has 0 fully saturated rings. The molecule has 0 radical (unpaired) electrons. The Labute approximate surface area is 105 Å². The van der Waals surface area contributed by atoms with Crippen LogP contribution in [0.2, 0.25) is 5.02 Å². The maximum atomic E-state index is 11.7. The Morgan fingerprint density at radius 2 is 1.82 bits per heavy atom. The molecule has 0 atom stereocenters. The zero-order valence-corrected chi connectivity index (χ0v) is 10.1. The first-order valence-corrected chi connectivity index (χ1v) is 5.53. The highest BCUT2D eigenvalue weighted by Crippen LogP contribution is 2.26. The van der Waals surface area contributed by atoms with Crippen LogP contribution in [-0.4, -0.2) is 13.1 Å². The van der Waals surface area contributed by atoms with Crippen LogP contribution in [0.1, 0.15) is 10.4 Å². The summed E-state index contributed by atoms with van der Waals surface area (Å²) in [5, 5.41) is 0.519. The second-order valence-electron chi connectivity index (χ2n) is 3.55. The zero-order valence-electron chi connectivity index (χ0n) is 9.31. The van der Waals surface area contributed by atoms with Gasteiger partial charge in [-0.1, -0.05) is 48.0 Å². The molecular formula is C14H11ClO2. The van der Waals surface area contributed by atoms with E-state index in [1.165, 1.54) is 7.11 Å². The van der Waals surface area contributed by atoms with E-state index in [4.69, 9.17) is 16.3 Å². The molecule has 0 amide bonds. The molecule has 0 unspecified atom stereocenters. The summed E-state index contributed by atoms with van der Waals surface area (Å²) in [6.45, 7) is 0. The highest BCUT2D eigenvalue weighted by atomic mass is 35.5. The Balaban J connectivity index is 2.58. The van der Waals surface area contributed by atoms with E-state index in [0.717, 1.165) is 11.1 Å². The summed E-state index contributed by atoms with van der Waals surface area (Å²) < 4.78 is 4.76. The Bertz CT molecular complexity index is 535. The standard InChI is InChI=1S/C14H11ClO2/c1-17-14(16)13-9-11(15)7-8-12(13)10-5-3-2-4-6-10/h2-9H,1H3. The number of methoxy groups -OCH3 is 1. The van der Waals surface area contributed by atoms with Crippen molar-refractivity contribution in [3.63, 3.8) is 0 Å². The lowest BCUT2D eigenvalue weighted by molar-refractivity contribution is 0.0601. The average molecular weight is 247 g/mol. The van der Waals surface area contributed by atoms with Crippen LogP contribution in [0.3, 0.4) is 0 Å². The molecule has 2 rings (SSSR count). The number of esters is 1. The SMILES string of the molecule is COC(=O)c1cc(Cl)ccc1-c1ccccc1. The van der Waals surface area contributed by atoms with E-state index in [-0.39, 0.29) is 5.97 Å². The number of hydrogen-bond acceptors (Lipinski definition) is 2. The summed E-state index contributed by atoms with van der Waals surface area (Å²) in [5.41, 5.74) is 2.26. The van der Waals surface area contributed by atoms with Crippen molar-refractivity contribution in [1.82, 2.24) is 0 Å². The molecule has 0 aliphatic heterocycles. The van der Waals surface area contributed by atoms with E-state index in [2.05, 4.69) is 0 Å². The highest BCUT2D eigenvalue weighted by Gasteiger charge is 2.13. The molecule has 0 aliphatic carbocycles. The third-order valence-corrected chi connectivity index (χ3v) is 2.71. The summed E-state index contributed by atoms with van der Waals surface area (Å²) in [7, 11) is 1.36. The van der Waals surface area contributed by atoms with Gasteiger partial charge in [0.2, 0.25) is 0 Å². The molecule has 0 saturated carbocycles. The molecule has 0 saturated heterocycles. The molecule has 0 spiro atoms. The fourth-order valence-electron chi connectivity index (χ4n) is 1.66. The van der Waals surface area contributed by atoms with Crippen LogP contribution in [-0.2, 0) is 4.74 Å². The highest BCUT2D eigenvalue weighted by molar-refractivity contribution is 6.31. The zero-order chi connectivity index (χ0) is 12.3. The quantitative estimate of drug-likeness (QED) is 0.754. The van der Waals surface area contributed by atoms with Crippen LogP contribution in [0.25, 0.3) is 11.1 Å². The first-order valence-electron chi connectivity index (χ1n) is 5.15. The van der Waals surface area contributed by atoms with E-state index >= 15 is 0 Å². The van der Waals surface area contributed by atoms with Crippen molar-refractivity contribution in [3.05, 3.63) is 59.1 Å². The summed E-state index contributed by atoms with van der Waals surface area (Å²) in [4.78, 5) is 11.7. The van der Waals surface area contributed by atoms with Crippen LogP contribution < -0.4 is 0 Å².